The summed E-state index contributed by atoms with van der Waals surface area (Å²) in [7, 11) is -3.50. The highest BCUT2D eigenvalue weighted by Crippen LogP contribution is 2.44. The van der Waals surface area contributed by atoms with E-state index in [1.807, 2.05) is 36.6 Å². The number of ether oxygens (including phenoxy) is 3. The van der Waals surface area contributed by atoms with Gasteiger partial charge >= 0.3 is 7.52 Å². The second kappa shape index (κ2) is 11.5. The first-order chi connectivity index (χ1) is 16.9. The van der Waals surface area contributed by atoms with Crippen LogP contribution in [0, 0.1) is 0 Å². The van der Waals surface area contributed by atoms with Gasteiger partial charge in [-0.1, -0.05) is 19.1 Å². The lowest BCUT2D eigenvalue weighted by atomic mass is 10.2. The van der Waals surface area contributed by atoms with E-state index in [0.29, 0.717) is 42.5 Å². The molecule has 3 unspecified atom stereocenters. The average molecular weight is 505 g/mol. The van der Waals surface area contributed by atoms with Gasteiger partial charge in [0.05, 0.1) is 38.2 Å². The first kappa shape index (κ1) is 25.5. The Kier molecular flexibility index (Phi) is 8.35. The molecule has 11 nitrogen and oxygen atoms in total. The van der Waals surface area contributed by atoms with Gasteiger partial charge in [-0.05, 0) is 44.4 Å². The summed E-state index contributed by atoms with van der Waals surface area (Å²) in [6, 6.07) is 7.19. The lowest BCUT2D eigenvalue weighted by molar-refractivity contribution is -0.188. The maximum atomic E-state index is 14.0. The fourth-order valence-corrected chi connectivity index (χ4v) is 5.66. The van der Waals surface area contributed by atoms with Crippen molar-refractivity contribution in [2.45, 2.75) is 58.6 Å². The summed E-state index contributed by atoms with van der Waals surface area (Å²) in [6.45, 7) is 7.43. The van der Waals surface area contributed by atoms with Crippen molar-refractivity contribution in [2.24, 2.45) is 0 Å². The van der Waals surface area contributed by atoms with Crippen LogP contribution < -0.4 is 15.3 Å². The topological polar surface area (TPSA) is 136 Å². The average Bonchev–Trinajstić information content (AvgIpc) is 3.27. The second-order valence-electron chi connectivity index (χ2n) is 8.58. The van der Waals surface area contributed by atoms with E-state index in [2.05, 4.69) is 27.0 Å². The van der Waals surface area contributed by atoms with Crippen molar-refractivity contribution in [1.29, 1.82) is 0 Å². The number of aryl methyl sites for hydroxylation is 1. The van der Waals surface area contributed by atoms with Crippen LogP contribution in [-0.2, 0) is 31.7 Å². The number of rotatable bonds is 11. The molecule has 1 aromatic carbocycles. The maximum absolute atomic E-state index is 14.0. The van der Waals surface area contributed by atoms with Gasteiger partial charge in [-0.3, -0.25) is 4.57 Å². The minimum atomic E-state index is -3.50. The van der Waals surface area contributed by atoms with Gasteiger partial charge in [-0.15, -0.1) is 0 Å². The summed E-state index contributed by atoms with van der Waals surface area (Å²) in [5.74, 6) is 0.835. The summed E-state index contributed by atoms with van der Waals surface area (Å²) in [5, 5.41) is 3.10. The number of benzene rings is 1. The van der Waals surface area contributed by atoms with Gasteiger partial charge in [-0.25, -0.2) is 20.0 Å². The number of anilines is 1. The van der Waals surface area contributed by atoms with Crippen molar-refractivity contribution in [3.63, 3.8) is 0 Å². The molecular formula is C23H33N6O5P. The Bertz CT molecular complexity index is 1170. The van der Waals surface area contributed by atoms with Crippen molar-refractivity contribution < 1.29 is 23.3 Å². The Morgan fingerprint density at radius 3 is 2.83 bits per heavy atom. The Labute approximate surface area is 204 Å². The molecule has 3 heterocycles. The Balaban J connectivity index is 1.46. The van der Waals surface area contributed by atoms with Crippen molar-refractivity contribution in [2.75, 3.05) is 25.3 Å². The van der Waals surface area contributed by atoms with Crippen LogP contribution in [0.15, 0.2) is 36.9 Å². The molecule has 1 saturated heterocycles. The van der Waals surface area contributed by atoms with Crippen LogP contribution in [0.1, 0.15) is 32.8 Å². The molecule has 190 valence electrons. The molecule has 0 amide bonds. The van der Waals surface area contributed by atoms with E-state index in [1.54, 1.807) is 12.4 Å². The standard InChI is InChI=1S/C23H33N6O5P/c1-4-18-7-5-8-19(11-18)34-35(30,28-17(3)23-31-9-6-10-32-23)15-33-16(2)12-29-14-27-20-21(24)25-13-26-22(20)29/h5,7-8,11,13-14,16-17,23H,4,6,9-10,12,15H2,1-3H3,(H,28,30)(H2,24,25,26). The Morgan fingerprint density at radius 1 is 1.26 bits per heavy atom. The molecule has 3 N–H and O–H groups in total. The highest BCUT2D eigenvalue weighted by Gasteiger charge is 2.33. The SMILES string of the molecule is CCc1cccc(OP(=O)(COC(C)Cn2cnc3c(N)ncnc32)NC(C)C2OCCCO2)c1. The first-order valence-corrected chi connectivity index (χ1v) is 13.6. The lowest BCUT2D eigenvalue weighted by Gasteiger charge is -2.32. The molecule has 12 heteroatoms. The van der Waals surface area contributed by atoms with Gasteiger partial charge in [0.15, 0.2) is 17.8 Å². The number of fused-ring (bicyclic) bond motifs is 1. The van der Waals surface area contributed by atoms with Gasteiger partial charge in [-0.2, -0.15) is 0 Å². The molecule has 0 bridgehead atoms. The summed E-state index contributed by atoms with van der Waals surface area (Å²) < 4.78 is 39.2. The largest absolute Gasteiger partial charge is 0.431 e. The number of imidazole rings is 1. The number of nitrogens with zero attached hydrogens (tertiary/aromatic N) is 4. The van der Waals surface area contributed by atoms with Crippen LogP contribution in [0.3, 0.4) is 0 Å². The van der Waals surface area contributed by atoms with Gasteiger partial charge < -0.3 is 29.0 Å². The molecule has 0 saturated carbocycles. The normalized spacial score (nSPS) is 18.3. The third kappa shape index (κ3) is 6.56. The molecule has 3 aromatic rings. The quantitative estimate of drug-likeness (QED) is 0.374. The number of hydrogen-bond acceptors (Lipinski definition) is 9. The summed E-state index contributed by atoms with van der Waals surface area (Å²) in [4.78, 5) is 12.5. The number of nitrogens with one attached hydrogen (secondary N) is 1. The third-order valence-electron chi connectivity index (χ3n) is 5.63. The highest BCUT2D eigenvalue weighted by atomic mass is 31.2. The van der Waals surface area contributed by atoms with Crippen molar-refractivity contribution >= 4 is 24.5 Å². The lowest BCUT2D eigenvalue weighted by Crippen LogP contribution is -2.43. The fourth-order valence-electron chi connectivity index (χ4n) is 3.84. The summed E-state index contributed by atoms with van der Waals surface area (Å²) >= 11 is 0. The van der Waals surface area contributed by atoms with Crippen LogP contribution in [0.25, 0.3) is 11.2 Å². The predicted molar refractivity (Wildman–Crippen MR) is 132 cm³/mol. The van der Waals surface area contributed by atoms with Crippen molar-refractivity contribution in [3.05, 3.63) is 42.5 Å². The zero-order valence-corrected chi connectivity index (χ0v) is 21.2. The molecule has 35 heavy (non-hydrogen) atoms. The van der Waals surface area contributed by atoms with Crippen LogP contribution >= 0.6 is 7.52 Å². The minimum absolute atomic E-state index is 0.147. The van der Waals surface area contributed by atoms with E-state index in [1.165, 1.54) is 6.33 Å². The van der Waals surface area contributed by atoms with Crippen LogP contribution in [0.5, 0.6) is 5.75 Å². The Morgan fingerprint density at radius 2 is 2.06 bits per heavy atom. The molecule has 0 radical (unpaired) electrons. The molecule has 0 aliphatic carbocycles. The zero-order chi connectivity index (χ0) is 24.8. The van der Waals surface area contributed by atoms with Crippen LogP contribution in [-0.4, -0.2) is 57.5 Å². The van der Waals surface area contributed by atoms with Gasteiger partial charge in [0.25, 0.3) is 0 Å². The van der Waals surface area contributed by atoms with E-state index in [4.69, 9.17) is 24.5 Å². The molecule has 4 rings (SSSR count). The fraction of sp³-hybridized carbons (Fsp3) is 0.522. The number of nitrogen functional groups attached to an aromatic ring is 1. The monoisotopic (exact) mass is 504 g/mol. The molecule has 1 fully saturated rings. The van der Waals surface area contributed by atoms with Crippen molar-refractivity contribution in [1.82, 2.24) is 24.6 Å². The van der Waals surface area contributed by atoms with Crippen LogP contribution in [0.2, 0.25) is 0 Å². The smallest absolute Gasteiger partial charge is 0.342 e. The molecule has 1 aliphatic heterocycles. The highest BCUT2D eigenvalue weighted by molar-refractivity contribution is 7.57. The predicted octanol–water partition coefficient (Wildman–Crippen LogP) is 3.35. The molecule has 2 aromatic heterocycles. The molecular weight excluding hydrogens is 471 g/mol. The second-order valence-corrected chi connectivity index (χ2v) is 10.6. The molecule has 3 atom stereocenters. The molecule has 1 aliphatic rings. The minimum Gasteiger partial charge on any atom is -0.431 e. The molecule has 0 spiro atoms. The summed E-state index contributed by atoms with van der Waals surface area (Å²) in [5.41, 5.74) is 8.11. The van der Waals surface area contributed by atoms with E-state index < -0.39 is 13.8 Å². The number of hydrogen-bond donors (Lipinski definition) is 2. The number of aromatic nitrogens is 4. The zero-order valence-electron chi connectivity index (χ0n) is 20.3. The van der Waals surface area contributed by atoms with Crippen molar-refractivity contribution in [3.8, 4) is 5.75 Å². The van der Waals surface area contributed by atoms with Gasteiger partial charge in [0.2, 0.25) is 0 Å². The van der Waals surface area contributed by atoms with E-state index in [-0.39, 0.29) is 18.5 Å². The summed E-state index contributed by atoms with van der Waals surface area (Å²) in [6.07, 6.45) is 3.74. The van der Waals surface area contributed by atoms with Gasteiger partial charge in [0.1, 0.15) is 23.9 Å². The number of nitrogens with two attached hydrogens (primary N) is 1. The maximum Gasteiger partial charge on any atom is 0.342 e. The Hall–Kier alpha value is -2.56. The van der Waals surface area contributed by atoms with E-state index >= 15 is 0 Å². The van der Waals surface area contributed by atoms with E-state index in [9.17, 15) is 4.57 Å². The van der Waals surface area contributed by atoms with E-state index in [0.717, 1.165) is 18.4 Å². The van der Waals surface area contributed by atoms with Crippen LogP contribution in [0.4, 0.5) is 5.82 Å². The van der Waals surface area contributed by atoms with Gasteiger partial charge in [0, 0.05) is 0 Å². The first-order valence-electron chi connectivity index (χ1n) is 11.8. The third-order valence-corrected chi connectivity index (χ3v) is 7.43.